The van der Waals surface area contributed by atoms with Crippen molar-refractivity contribution in [2.24, 2.45) is 0 Å². The standard InChI is InChI=1S/C16H19N3O2/c1-10(16-11(2)19-21-12(16)3)18-9-15(20)14-6-4-13(8-17)5-7-14/h4-7,10,15,18,20H,9H2,1-3H3. The first kappa shape index (κ1) is 15.2. The molecule has 2 aromatic rings. The lowest BCUT2D eigenvalue weighted by Crippen LogP contribution is -2.25. The van der Waals surface area contributed by atoms with Crippen LogP contribution in [0, 0.1) is 25.2 Å². The van der Waals surface area contributed by atoms with Gasteiger partial charge in [0.2, 0.25) is 0 Å². The third-order valence-electron chi connectivity index (χ3n) is 3.56. The molecule has 0 radical (unpaired) electrons. The van der Waals surface area contributed by atoms with E-state index in [-0.39, 0.29) is 6.04 Å². The summed E-state index contributed by atoms with van der Waals surface area (Å²) in [6.45, 7) is 6.21. The summed E-state index contributed by atoms with van der Waals surface area (Å²) in [7, 11) is 0. The number of nitrogens with zero attached hydrogens (tertiary/aromatic N) is 2. The second kappa shape index (κ2) is 6.53. The van der Waals surface area contributed by atoms with Crippen LogP contribution < -0.4 is 5.32 Å². The van der Waals surface area contributed by atoms with Crippen LogP contribution in [0.1, 0.15) is 47.2 Å². The fourth-order valence-corrected chi connectivity index (χ4v) is 2.40. The van der Waals surface area contributed by atoms with Gasteiger partial charge in [-0.3, -0.25) is 0 Å². The predicted molar refractivity (Wildman–Crippen MR) is 78.5 cm³/mol. The van der Waals surface area contributed by atoms with E-state index in [0.717, 1.165) is 22.6 Å². The SMILES string of the molecule is Cc1noc(C)c1C(C)NCC(O)c1ccc(C#N)cc1. The quantitative estimate of drug-likeness (QED) is 0.882. The van der Waals surface area contributed by atoms with Crippen LogP contribution in [0.2, 0.25) is 0 Å². The van der Waals surface area contributed by atoms with Crippen molar-refractivity contribution >= 4 is 0 Å². The van der Waals surface area contributed by atoms with Crippen molar-refractivity contribution in [2.75, 3.05) is 6.54 Å². The summed E-state index contributed by atoms with van der Waals surface area (Å²) in [6.07, 6.45) is -0.624. The van der Waals surface area contributed by atoms with Crippen molar-refractivity contribution in [1.29, 1.82) is 5.26 Å². The first-order valence-corrected chi connectivity index (χ1v) is 6.87. The molecular formula is C16H19N3O2. The predicted octanol–water partition coefficient (Wildman–Crippen LogP) is 2.55. The van der Waals surface area contributed by atoms with Gasteiger partial charge in [-0.1, -0.05) is 17.3 Å². The maximum Gasteiger partial charge on any atom is 0.138 e. The molecule has 110 valence electrons. The van der Waals surface area contributed by atoms with E-state index in [1.54, 1.807) is 24.3 Å². The first-order valence-electron chi connectivity index (χ1n) is 6.87. The number of aromatic nitrogens is 1. The lowest BCUT2D eigenvalue weighted by atomic mass is 10.0. The van der Waals surface area contributed by atoms with E-state index >= 15 is 0 Å². The first-order chi connectivity index (χ1) is 10.0. The molecule has 0 saturated heterocycles. The number of hydrogen-bond acceptors (Lipinski definition) is 5. The molecule has 1 aromatic carbocycles. The van der Waals surface area contributed by atoms with Gasteiger partial charge in [0.1, 0.15) is 5.76 Å². The van der Waals surface area contributed by atoms with Gasteiger partial charge in [0, 0.05) is 18.2 Å². The Kier molecular flexibility index (Phi) is 4.73. The van der Waals surface area contributed by atoms with Crippen molar-refractivity contribution in [3.8, 4) is 6.07 Å². The van der Waals surface area contributed by atoms with Crippen LogP contribution in [0.4, 0.5) is 0 Å². The Labute approximate surface area is 124 Å². The molecule has 5 nitrogen and oxygen atoms in total. The van der Waals surface area contributed by atoms with Crippen molar-refractivity contribution in [3.63, 3.8) is 0 Å². The van der Waals surface area contributed by atoms with Gasteiger partial charge >= 0.3 is 0 Å². The van der Waals surface area contributed by atoms with Gasteiger partial charge in [0.15, 0.2) is 0 Å². The van der Waals surface area contributed by atoms with Crippen LogP contribution in [0.3, 0.4) is 0 Å². The highest BCUT2D eigenvalue weighted by Gasteiger charge is 2.17. The number of aryl methyl sites for hydroxylation is 2. The molecule has 21 heavy (non-hydrogen) atoms. The van der Waals surface area contributed by atoms with Crippen LogP contribution in [-0.4, -0.2) is 16.8 Å². The van der Waals surface area contributed by atoms with Crippen LogP contribution >= 0.6 is 0 Å². The molecule has 0 aliphatic rings. The molecule has 1 aromatic heterocycles. The number of nitriles is 1. The molecule has 1 heterocycles. The third kappa shape index (κ3) is 3.48. The summed E-state index contributed by atoms with van der Waals surface area (Å²) < 4.78 is 5.15. The monoisotopic (exact) mass is 285 g/mol. The summed E-state index contributed by atoms with van der Waals surface area (Å²) >= 11 is 0. The number of aliphatic hydroxyl groups excluding tert-OH is 1. The van der Waals surface area contributed by atoms with E-state index in [1.807, 2.05) is 20.8 Å². The van der Waals surface area contributed by atoms with Crippen molar-refractivity contribution in [3.05, 3.63) is 52.4 Å². The normalized spacial score (nSPS) is 13.7. The minimum absolute atomic E-state index is 0.0456. The van der Waals surface area contributed by atoms with Crippen molar-refractivity contribution in [1.82, 2.24) is 10.5 Å². The summed E-state index contributed by atoms with van der Waals surface area (Å²) in [5.41, 5.74) is 3.26. The average molecular weight is 285 g/mol. The number of hydrogen-bond donors (Lipinski definition) is 2. The Hall–Kier alpha value is -2.16. The second-order valence-electron chi connectivity index (χ2n) is 5.12. The van der Waals surface area contributed by atoms with E-state index in [9.17, 15) is 5.11 Å². The lowest BCUT2D eigenvalue weighted by Gasteiger charge is -2.17. The Balaban J connectivity index is 1.97. The molecule has 2 rings (SSSR count). The molecule has 0 fully saturated rings. The third-order valence-corrected chi connectivity index (χ3v) is 3.56. The molecule has 2 atom stereocenters. The van der Waals surface area contributed by atoms with E-state index < -0.39 is 6.10 Å². The molecule has 2 unspecified atom stereocenters. The number of rotatable bonds is 5. The maximum absolute atomic E-state index is 10.2. The second-order valence-corrected chi connectivity index (χ2v) is 5.12. The van der Waals surface area contributed by atoms with Crippen LogP contribution in [0.25, 0.3) is 0 Å². The fraction of sp³-hybridized carbons (Fsp3) is 0.375. The van der Waals surface area contributed by atoms with Gasteiger partial charge in [-0.05, 0) is 38.5 Å². The van der Waals surface area contributed by atoms with Crippen LogP contribution in [-0.2, 0) is 0 Å². The highest BCUT2D eigenvalue weighted by Crippen LogP contribution is 2.21. The number of nitrogens with one attached hydrogen (secondary N) is 1. The van der Waals surface area contributed by atoms with E-state index in [2.05, 4.69) is 16.5 Å². The van der Waals surface area contributed by atoms with Gasteiger partial charge in [-0.25, -0.2) is 0 Å². The Morgan fingerprint density at radius 3 is 2.52 bits per heavy atom. The molecule has 0 amide bonds. The molecule has 0 spiro atoms. The zero-order chi connectivity index (χ0) is 15.4. The lowest BCUT2D eigenvalue weighted by molar-refractivity contribution is 0.170. The molecule has 0 aliphatic heterocycles. The Morgan fingerprint density at radius 2 is 2.00 bits per heavy atom. The molecular weight excluding hydrogens is 266 g/mol. The Bertz CT molecular complexity index is 621. The molecule has 2 N–H and O–H groups in total. The minimum atomic E-state index is -0.624. The van der Waals surface area contributed by atoms with E-state index in [1.165, 1.54) is 0 Å². The summed E-state index contributed by atoms with van der Waals surface area (Å²) in [5.74, 6) is 0.792. The Morgan fingerprint density at radius 1 is 1.33 bits per heavy atom. The van der Waals surface area contributed by atoms with Crippen molar-refractivity contribution in [2.45, 2.75) is 32.9 Å². The van der Waals surface area contributed by atoms with E-state index in [4.69, 9.17) is 9.78 Å². The summed E-state index contributed by atoms with van der Waals surface area (Å²) in [5, 5.41) is 26.2. The van der Waals surface area contributed by atoms with Crippen LogP contribution in [0.5, 0.6) is 0 Å². The van der Waals surface area contributed by atoms with Gasteiger partial charge in [0.25, 0.3) is 0 Å². The molecule has 0 saturated carbocycles. The van der Waals surface area contributed by atoms with Crippen molar-refractivity contribution < 1.29 is 9.63 Å². The van der Waals surface area contributed by atoms with Gasteiger partial charge in [-0.15, -0.1) is 0 Å². The zero-order valence-corrected chi connectivity index (χ0v) is 12.4. The molecule has 0 bridgehead atoms. The van der Waals surface area contributed by atoms with Gasteiger partial charge in [0.05, 0.1) is 23.4 Å². The highest BCUT2D eigenvalue weighted by molar-refractivity contribution is 5.32. The molecule has 5 heteroatoms. The van der Waals surface area contributed by atoms with Crippen LogP contribution in [0.15, 0.2) is 28.8 Å². The smallest absolute Gasteiger partial charge is 0.138 e. The summed E-state index contributed by atoms with van der Waals surface area (Å²) in [6, 6.07) is 9.05. The van der Waals surface area contributed by atoms with E-state index in [0.29, 0.717) is 12.1 Å². The average Bonchev–Trinajstić information content (AvgIpc) is 2.83. The maximum atomic E-state index is 10.2. The number of aliphatic hydroxyl groups is 1. The fourth-order valence-electron chi connectivity index (χ4n) is 2.40. The van der Waals surface area contributed by atoms with Gasteiger partial charge in [-0.2, -0.15) is 5.26 Å². The summed E-state index contributed by atoms with van der Waals surface area (Å²) in [4.78, 5) is 0. The molecule has 0 aliphatic carbocycles. The minimum Gasteiger partial charge on any atom is -0.387 e. The zero-order valence-electron chi connectivity index (χ0n) is 12.4. The van der Waals surface area contributed by atoms with Gasteiger partial charge < -0.3 is 14.9 Å². The highest BCUT2D eigenvalue weighted by atomic mass is 16.5. The number of benzene rings is 1. The largest absolute Gasteiger partial charge is 0.387 e. The topological polar surface area (TPSA) is 82.1 Å².